The van der Waals surface area contributed by atoms with Crippen LogP contribution >= 0.6 is 12.4 Å². The third-order valence-corrected chi connectivity index (χ3v) is 2.59. The number of pyridine rings is 1. The molecule has 2 rings (SSSR count). The molecule has 18 heavy (non-hydrogen) atoms. The lowest BCUT2D eigenvalue weighted by Crippen LogP contribution is -2.48. The number of nitrogens with zero attached hydrogens (tertiary/aromatic N) is 1. The van der Waals surface area contributed by atoms with Gasteiger partial charge in [0.15, 0.2) is 0 Å². The number of methoxy groups -OCH3 is 1. The minimum atomic E-state index is -0.446. The van der Waals surface area contributed by atoms with Crippen molar-refractivity contribution in [2.45, 2.75) is 0 Å². The highest BCUT2D eigenvalue weighted by atomic mass is 35.5. The Bertz CT molecular complexity index is 432. The van der Waals surface area contributed by atoms with Gasteiger partial charge in [-0.2, -0.15) is 0 Å². The van der Waals surface area contributed by atoms with Gasteiger partial charge in [0.05, 0.1) is 18.6 Å². The summed E-state index contributed by atoms with van der Waals surface area (Å²) in [5.41, 5.74) is 0.357. The van der Waals surface area contributed by atoms with E-state index in [1.54, 1.807) is 12.1 Å². The smallest absolute Gasteiger partial charge is 0.339 e. The molecule has 2 heterocycles. The van der Waals surface area contributed by atoms with E-state index in [0.717, 1.165) is 0 Å². The van der Waals surface area contributed by atoms with E-state index in [1.807, 2.05) is 0 Å². The number of anilines is 1. The number of halogens is 1. The van der Waals surface area contributed by atoms with Crippen molar-refractivity contribution in [1.82, 2.24) is 10.3 Å². The number of carbonyl (C=O) groups is 2. The fraction of sp³-hybridized carbons (Fsp3) is 0.364. The summed E-state index contributed by atoms with van der Waals surface area (Å²) >= 11 is 0. The lowest BCUT2D eigenvalue weighted by Gasteiger charge is -2.25. The molecule has 0 atom stereocenters. The molecular formula is C11H14ClN3O3. The predicted octanol–water partition coefficient (Wildman–Crippen LogP) is 0.448. The maximum Gasteiger partial charge on any atom is 0.339 e. The minimum Gasteiger partial charge on any atom is -0.465 e. The molecule has 0 saturated carbocycles. The topological polar surface area (TPSA) is 80.3 Å². The molecule has 98 valence electrons. The molecular weight excluding hydrogens is 258 g/mol. The van der Waals surface area contributed by atoms with Crippen LogP contribution in [0.2, 0.25) is 0 Å². The third-order valence-electron chi connectivity index (χ3n) is 2.59. The first-order valence-corrected chi connectivity index (χ1v) is 5.26. The van der Waals surface area contributed by atoms with E-state index >= 15 is 0 Å². The molecule has 1 aromatic heterocycles. The fourth-order valence-electron chi connectivity index (χ4n) is 1.41. The Morgan fingerprint density at radius 3 is 2.61 bits per heavy atom. The van der Waals surface area contributed by atoms with Crippen molar-refractivity contribution >= 4 is 30.1 Å². The van der Waals surface area contributed by atoms with E-state index in [-0.39, 0.29) is 24.2 Å². The molecule has 1 amide bonds. The lowest BCUT2D eigenvalue weighted by atomic mass is 10.0. The van der Waals surface area contributed by atoms with E-state index in [1.165, 1.54) is 13.3 Å². The van der Waals surface area contributed by atoms with E-state index in [9.17, 15) is 9.59 Å². The molecule has 0 radical (unpaired) electrons. The summed E-state index contributed by atoms with van der Waals surface area (Å²) in [6, 6.07) is 3.14. The molecule has 0 spiro atoms. The minimum absolute atomic E-state index is 0. The van der Waals surface area contributed by atoms with Crippen LogP contribution in [0.25, 0.3) is 0 Å². The van der Waals surface area contributed by atoms with Gasteiger partial charge in [-0.05, 0) is 12.1 Å². The van der Waals surface area contributed by atoms with Gasteiger partial charge in [0, 0.05) is 19.3 Å². The number of esters is 1. The highest BCUT2D eigenvalue weighted by Crippen LogP contribution is 2.10. The van der Waals surface area contributed by atoms with E-state index in [4.69, 9.17) is 0 Å². The quantitative estimate of drug-likeness (QED) is 0.780. The van der Waals surface area contributed by atoms with Crippen molar-refractivity contribution in [2.75, 3.05) is 25.5 Å². The number of carbonyl (C=O) groups excluding carboxylic acids is 2. The normalized spacial score (nSPS) is 14.1. The Morgan fingerprint density at radius 1 is 1.44 bits per heavy atom. The van der Waals surface area contributed by atoms with Crippen molar-refractivity contribution in [3.05, 3.63) is 23.9 Å². The molecule has 0 unspecified atom stereocenters. The number of rotatable bonds is 3. The number of hydrogen-bond donors (Lipinski definition) is 2. The summed E-state index contributed by atoms with van der Waals surface area (Å²) in [5, 5.41) is 5.70. The standard InChI is InChI=1S/C11H13N3O3.ClH/c1-17-11(16)7-2-3-9(13-6-7)14-10(15)8-4-12-5-8;/h2-3,6,8,12H,4-5H2,1H3,(H,13,14,15);1H. The van der Waals surface area contributed by atoms with Gasteiger partial charge in [-0.25, -0.2) is 9.78 Å². The highest BCUT2D eigenvalue weighted by Gasteiger charge is 2.24. The van der Waals surface area contributed by atoms with E-state index < -0.39 is 5.97 Å². The first-order valence-electron chi connectivity index (χ1n) is 5.26. The van der Waals surface area contributed by atoms with Gasteiger partial charge in [0.1, 0.15) is 5.82 Å². The number of amides is 1. The van der Waals surface area contributed by atoms with Crippen molar-refractivity contribution in [3.63, 3.8) is 0 Å². The first-order chi connectivity index (χ1) is 8.20. The lowest BCUT2D eigenvalue weighted by molar-refractivity contribution is -0.121. The predicted molar refractivity (Wildman–Crippen MR) is 67.8 cm³/mol. The summed E-state index contributed by atoms with van der Waals surface area (Å²) in [5.74, 6) is -0.0488. The van der Waals surface area contributed by atoms with Crippen LogP contribution in [0.5, 0.6) is 0 Å². The van der Waals surface area contributed by atoms with Crippen LogP contribution < -0.4 is 10.6 Å². The molecule has 0 aromatic carbocycles. The molecule has 7 heteroatoms. The van der Waals surface area contributed by atoms with Crippen LogP contribution in [0.3, 0.4) is 0 Å². The van der Waals surface area contributed by atoms with Crippen molar-refractivity contribution in [2.24, 2.45) is 5.92 Å². The summed E-state index contributed by atoms with van der Waals surface area (Å²) in [6.07, 6.45) is 1.38. The Balaban J connectivity index is 0.00000162. The van der Waals surface area contributed by atoms with Crippen LogP contribution in [0.4, 0.5) is 5.82 Å². The van der Waals surface area contributed by atoms with Crippen molar-refractivity contribution in [3.8, 4) is 0 Å². The summed E-state index contributed by atoms with van der Waals surface area (Å²) in [4.78, 5) is 26.7. The van der Waals surface area contributed by atoms with E-state index in [2.05, 4.69) is 20.4 Å². The number of ether oxygens (including phenoxy) is 1. The maximum absolute atomic E-state index is 11.6. The Morgan fingerprint density at radius 2 is 2.17 bits per heavy atom. The zero-order valence-corrected chi connectivity index (χ0v) is 10.6. The van der Waals surface area contributed by atoms with Crippen LogP contribution in [0.15, 0.2) is 18.3 Å². The van der Waals surface area contributed by atoms with Crippen LogP contribution in [-0.4, -0.2) is 37.1 Å². The summed E-state index contributed by atoms with van der Waals surface area (Å²) in [6.45, 7) is 1.40. The molecule has 1 aliphatic heterocycles. The van der Waals surface area contributed by atoms with Crippen LogP contribution in [-0.2, 0) is 9.53 Å². The SMILES string of the molecule is COC(=O)c1ccc(NC(=O)C2CNC2)nc1.Cl. The van der Waals surface area contributed by atoms with Gasteiger partial charge < -0.3 is 15.4 Å². The average Bonchev–Trinajstić information content (AvgIpc) is 2.26. The molecule has 1 aliphatic rings. The summed E-state index contributed by atoms with van der Waals surface area (Å²) in [7, 11) is 1.31. The second-order valence-electron chi connectivity index (χ2n) is 3.77. The average molecular weight is 272 g/mol. The second-order valence-corrected chi connectivity index (χ2v) is 3.77. The largest absolute Gasteiger partial charge is 0.465 e. The van der Waals surface area contributed by atoms with Crippen molar-refractivity contribution in [1.29, 1.82) is 0 Å². The van der Waals surface area contributed by atoms with Crippen LogP contribution in [0, 0.1) is 5.92 Å². The molecule has 0 bridgehead atoms. The monoisotopic (exact) mass is 271 g/mol. The Hall–Kier alpha value is -1.66. The van der Waals surface area contributed by atoms with Gasteiger partial charge in [-0.3, -0.25) is 4.79 Å². The highest BCUT2D eigenvalue weighted by molar-refractivity contribution is 5.93. The third kappa shape index (κ3) is 3.18. The Labute approximate surface area is 111 Å². The van der Waals surface area contributed by atoms with Gasteiger partial charge in [0.2, 0.25) is 5.91 Å². The maximum atomic E-state index is 11.6. The van der Waals surface area contributed by atoms with Gasteiger partial charge in [0.25, 0.3) is 0 Å². The fourth-order valence-corrected chi connectivity index (χ4v) is 1.41. The zero-order valence-electron chi connectivity index (χ0n) is 9.80. The summed E-state index contributed by atoms with van der Waals surface area (Å²) < 4.78 is 4.55. The molecule has 2 N–H and O–H groups in total. The number of hydrogen-bond acceptors (Lipinski definition) is 5. The zero-order chi connectivity index (χ0) is 12.3. The molecule has 0 aliphatic carbocycles. The molecule has 1 fully saturated rings. The van der Waals surface area contributed by atoms with Gasteiger partial charge in [-0.15, -0.1) is 12.4 Å². The van der Waals surface area contributed by atoms with E-state index in [0.29, 0.717) is 24.5 Å². The molecule has 6 nitrogen and oxygen atoms in total. The Kier molecular flexibility index (Phi) is 5.06. The van der Waals surface area contributed by atoms with Gasteiger partial charge >= 0.3 is 5.97 Å². The second kappa shape index (κ2) is 6.32. The molecule has 1 aromatic rings. The van der Waals surface area contributed by atoms with Gasteiger partial charge in [-0.1, -0.05) is 0 Å². The van der Waals surface area contributed by atoms with Crippen molar-refractivity contribution < 1.29 is 14.3 Å². The number of aromatic nitrogens is 1. The molecule has 1 saturated heterocycles. The number of nitrogens with one attached hydrogen (secondary N) is 2. The first kappa shape index (κ1) is 14.4. The van der Waals surface area contributed by atoms with Crippen LogP contribution in [0.1, 0.15) is 10.4 Å².